The zero-order valence-corrected chi connectivity index (χ0v) is 10.0. The number of nitrogen functional groups attached to an aromatic ring is 1. The smallest absolute Gasteiger partial charge is 0.226 e. The number of hydrogen-bond acceptors (Lipinski definition) is 2. The molecule has 0 saturated carbocycles. The molecule has 2 rings (SSSR count). The van der Waals surface area contributed by atoms with E-state index < -0.39 is 0 Å². The Morgan fingerprint density at radius 3 is 2.81 bits per heavy atom. The molecule has 1 fully saturated rings. The summed E-state index contributed by atoms with van der Waals surface area (Å²) in [6, 6.07) is 3.61. The summed E-state index contributed by atoms with van der Waals surface area (Å²) in [6.45, 7) is 2.73. The van der Waals surface area contributed by atoms with Gasteiger partial charge in [-0.25, -0.2) is 0 Å². The fourth-order valence-electron chi connectivity index (χ4n) is 2.03. The summed E-state index contributed by atoms with van der Waals surface area (Å²) in [5.74, 6) is 0.177. The van der Waals surface area contributed by atoms with E-state index in [-0.39, 0.29) is 5.91 Å². The average Bonchev–Trinajstić information content (AvgIpc) is 2.25. The lowest BCUT2D eigenvalue weighted by Crippen LogP contribution is -2.35. The number of anilines is 2. The van der Waals surface area contributed by atoms with Crippen LogP contribution < -0.4 is 10.6 Å². The monoisotopic (exact) mass is 238 g/mol. The first kappa shape index (κ1) is 11.3. The molecule has 1 heterocycles. The number of carbonyl (C=O) groups excluding carboxylic acids is 1. The van der Waals surface area contributed by atoms with Crippen LogP contribution in [0, 0.1) is 6.92 Å². The summed E-state index contributed by atoms with van der Waals surface area (Å²) in [4.78, 5) is 13.6. The van der Waals surface area contributed by atoms with Crippen molar-refractivity contribution in [3.8, 4) is 0 Å². The van der Waals surface area contributed by atoms with Crippen LogP contribution in [0.25, 0.3) is 0 Å². The number of benzene rings is 1. The lowest BCUT2D eigenvalue weighted by atomic mass is 10.1. The lowest BCUT2D eigenvalue weighted by molar-refractivity contribution is -0.119. The van der Waals surface area contributed by atoms with Crippen LogP contribution in [0.15, 0.2) is 12.1 Å². The fourth-order valence-corrected chi connectivity index (χ4v) is 2.25. The number of nitrogens with two attached hydrogens (primary N) is 1. The van der Waals surface area contributed by atoms with Crippen molar-refractivity contribution in [2.75, 3.05) is 17.2 Å². The first-order chi connectivity index (χ1) is 7.59. The van der Waals surface area contributed by atoms with Gasteiger partial charge in [-0.2, -0.15) is 0 Å². The fraction of sp³-hybridized carbons (Fsp3) is 0.417. The van der Waals surface area contributed by atoms with Crippen LogP contribution in [-0.4, -0.2) is 12.5 Å². The van der Waals surface area contributed by atoms with Crippen molar-refractivity contribution in [1.82, 2.24) is 0 Å². The van der Waals surface area contributed by atoms with Gasteiger partial charge in [0.05, 0.1) is 10.7 Å². The number of hydrogen-bond donors (Lipinski definition) is 1. The summed E-state index contributed by atoms with van der Waals surface area (Å²) < 4.78 is 0. The second-order valence-corrected chi connectivity index (χ2v) is 4.57. The van der Waals surface area contributed by atoms with E-state index in [2.05, 4.69) is 0 Å². The molecule has 0 spiro atoms. The molecule has 0 aromatic heterocycles. The number of amides is 1. The van der Waals surface area contributed by atoms with Crippen LogP contribution in [0.3, 0.4) is 0 Å². The Morgan fingerprint density at radius 2 is 2.12 bits per heavy atom. The van der Waals surface area contributed by atoms with E-state index in [0.29, 0.717) is 17.1 Å². The molecular formula is C12H15ClN2O. The Kier molecular flexibility index (Phi) is 3.06. The summed E-state index contributed by atoms with van der Waals surface area (Å²) in [5.41, 5.74) is 8.19. The van der Waals surface area contributed by atoms with Crippen LogP contribution in [0.5, 0.6) is 0 Å². The van der Waals surface area contributed by atoms with Crippen molar-refractivity contribution >= 4 is 28.9 Å². The molecule has 0 unspecified atom stereocenters. The molecule has 1 aromatic rings. The third-order valence-corrected chi connectivity index (χ3v) is 3.26. The first-order valence-electron chi connectivity index (χ1n) is 5.45. The van der Waals surface area contributed by atoms with E-state index in [1.165, 1.54) is 0 Å². The number of rotatable bonds is 1. The van der Waals surface area contributed by atoms with Gasteiger partial charge >= 0.3 is 0 Å². The summed E-state index contributed by atoms with van der Waals surface area (Å²) in [5, 5.41) is 0.547. The minimum Gasteiger partial charge on any atom is -0.397 e. The highest BCUT2D eigenvalue weighted by atomic mass is 35.5. The highest BCUT2D eigenvalue weighted by Crippen LogP contribution is 2.31. The molecule has 3 nitrogen and oxygen atoms in total. The Labute approximate surface area is 100 Å². The van der Waals surface area contributed by atoms with Gasteiger partial charge in [0, 0.05) is 18.7 Å². The molecule has 1 aliphatic rings. The highest BCUT2D eigenvalue weighted by molar-refractivity contribution is 6.33. The highest BCUT2D eigenvalue weighted by Gasteiger charge is 2.21. The second kappa shape index (κ2) is 4.34. The molecule has 1 aromatic carbocycles. The van der Waals surface area contributed by atoms with Crippen molar-refractivity contribution in [2.24, 2.45) is 0 Å². The quantitative estimate of drug-likeness (QED) is 0.765. The first-order valence-corrected chi connectivity index (χ1v) is 5.83. The molecule has 1 amide bonds. The Bertz CT molecular complexity index is 431. The SMILES string of the molecule is Cc1cc(Cl)c(N)cc1N1CCCCC1=O. The van der Waals surface area contributed by atoms with Crippen LogP contribution >= 0.6 is 11.6 Å². The van der Waals surface area contributed by atoms with Gasteiger partial charge in [0.1, 0.15) is 0 Å². The van der Waals surface area contributed by atoms with Gasteiger partial charge in [-0.3, -0.25) is 4.79 Å². The van der Waals surface area contributed by atoms with Crippen molar-refractivity contribution < 1.29 is 4.79 Å². The van der Waals surface area contributed by atoms with E-state index in [9.17, 15) is 4.79 Å². The van der Waals surface area contributed by atoms with Gasteiger partial charge in [0.15, 0.2) is 0 Å². The molecule has 1 saturated heterocycles. The molecule has 0 atom stereocenters. The molecular weight excluding hydrogens is 224 g/mol. The van der Waals surface area contributed by atoms with E-state index in [4.69, 9.17) is 17.3 Å². The van der Waals surface area contributed by atoms with Crippen LogP contribution in [-0.2, 0) is 4.79 Å². The largest absolute Gasteiger partial charge is 0.397 e. The molecule has 1 aliphatic heterocycles. The molecule has 0 aliphatic carbocycles. The standard InChI is InChI=1S/C12H15ClN2O/c1-8-6-9(13)10(14)7-11(8)15-5-3-2-4-12(15)16/h6-7H,2-5,14H2,1H3. The lowest BCUT2D eigenvalue weighted by Gasteiger charge is -2.28. The van der Waals surface area contributed by atoms with Crippen molar-refractivity contribution in [3.05, 3.63) is 22.7 Å². The second-order valence-electron chi connectivity index (χ2n) is 4.16. The predicted molar refractivity (Wildman–Crippen MR) is 66.8 cm³/mol. The van der Waals surface area contributed by atoms with Gasteiger partial charge in [-0.15, -0.1) is 0 Å². The minimum absolute atomic E-state index is 0.177. The van der Waals surface area contributed by atoms with Crippen LogP contribution in [0.1, 0.15) is 24.8 Å². The van der Waals surface area contributed by atoms with Gasteiger partial charge in [-0.05, 0) is 37.5 Å². The molecule has 16 heavy (non-hydrogen) atoms. The summed E-state index contributed by atoms with van der Waals surface area (Å²) >= 11 is 5.93. The number of piperidine rings is 1. The van der Waals surface area contributed by atoms with Crippen LogP contribution in [0.4, 0.5) is 11.4 Å². The molecule has 86 valence electrons. The Balaban J connectivity index is 2.39. The van der Waals surface area contributed by atoms with E-state index in [1.54, 1.807) is 6.07 Å². The number of aryl methyl sites for hydroxylation is 1. The molecule has 0 bridgehead atoms. The molecule has 2 N–H and O–H groups in total. The molecule has 0 radical (unpaired) electrons. The third kappa shape index (κ3) is 2.00. The zero-order valence-electron chi connectivity index (χ0n) is 9.29. The third-order valence-electron chi connectivity index (χ3n) is 2.93. The van der Waals surface area contributed by atoms with Gasteiger partial charge in [0.2, 0.25) is 5.91 Å². The predicted octanol–water partition coefficient (Wildman–Crippen LogP) is 2.75. The Hall–Kier alpha value is -1.22. The van der Waals surface area contributed by atoms with E-state index >= 15 is 0 Å². The topological polar surface area (TPSA) is 46.3 Å². The van der Waals surface area contributed by atoms with E-state index in [0.717, 1.165) is 30.6 Å². The van der Waals surface area contributed by atoms with Crippen molar-refractivity contribution in [3.63, 3.8) is 0 Å². The van der Waals surface area contributed by atoms with Gasteiger partial charge in [0.25, 0.3) is 0 Å². The zero-order chi connectivity index (χ0) is 11.7. The maximum atomic E-state index is 11.8. The average molecular weight is 239 g/mol. The normalized spacial score (nSPS) is 16.6. The number of nitrogens with zero attached hydrogens (tertiary/aromatic N) is 1. The van der Waals surface area contributed by atoms with E-state index in [1.807, 2.05) is 17.9 Å². The Morgan fingerprint density at radius 1 is 1.38 bits per heavy atom. The number of halogens is 1. The van der Waals surface area contributed by atoms with Crippen molar-refractivity contribution in [1.29, 1.82) is 0 Å². The number of carbonyl (C=O) groups is 1. The maximum Gasteiger partial charge on any atom is 0.226 e. The molecule has 4 heteroatoms. The summed E-state index contributed by atoms with van der Waals surface area (Å²) in [6.07, 6.45) is 2.66. The van der Waals surface area contributed by atoms with Crippen molar-refractivity contribution in [2.45, 2.75) is 26.2 Å². The maximum absolute atomic E-state index is 11.8. The minimum atomic E-state index is 0.177. The van der Waals surface area contributed by atoms with Crippen LogP contribution in [0.2, 0.25) is 5.02 Å². The summed E-state index contributed by atoms with van der Waals surface area (Å²) in [7, 11) is 0. The van der Waals surface area contributed by atoms with Gasteiger partial charge < -0.3 is 10.6 Å². The van der Waals surface area contributed by atoms with Gasteiger partial charge in [-0.1, -0.05) is 11.6 Å².